The van der Waals surface area contributed by atoms with Crippen molar-refractivity contribution in [2.24, 2.45) is 5.41 Å². The highest BCUT2D eigenvalue weighted by atomic mass is 16.6. The van der Waals surface area contributed by atoms with Crippen LogP contribution in [0.1, 0.15) is 74.1 Å². The predicted octanol–water partition coefficient (Wildman–Crippen LogP) is 4.70. The zero-order valence-electron chi connectivity index (χ0n) is 17.0. The van der Waals surface area contributed by atoms with Crippen LogP contribution in [0.4, 0.5) is 4.79 Å². The summed E-state index contributed by atoms with van der Waals surface area (Å²) >= 11 is 0. The summed E-state index contributed by atoms with van der Waals surface area (Å²) in [4.78, 5) is 26.5. The fourth-order valence-electron chi connectivity index (χ4n) is 3.20. The largest absolute Gasteiger partial charge is 0.460 e. The lowest BCUT2D eigenvalue weighted by molar-refractivity contribution is -0.158. The normalized spacial score (nSPS) is 24.6. The Morgan fingerprint density at radius 1 is 1.16 bits per heavy atom. The molecule has 2 atom stereocenters. The second kappa shape index (κ2) is 7.79. The van der Waals surface area contributed by atoms with E-state index in [4.69, 9.17) is 9.47 Å². The van der Waals surface area contributed by atoms with Crippen LogP contribution in [0.15, 0.2) is 12.7 Å². The average Bonchev–Trinajstić information content (AvgIpc) is 2.33. The number of carbonyl (C=O) groups is 2. The zero-order valence-corrected chi connectivity index (χ0v) is 17.0. The molecule has 0 saturated carbocycles. The molecule has 1 fully saturated rings. The first-order valence-corrected chi connectivity index (χ1v) is 9.07. The van der Waals surface area contributed by atoms with Crippen LogP contribution in [0.25, 0.3) is 0 Å². The molecule has 2 unspecified atom stereocenters. The Hall–Kier alpha value is -1.52. The molecule has 1 saturated heterocycles. The zero-order chi connectivity index (χ0) is 19.5. The smallest absolute Gasteiger partial charge is 0.410 e. The number of ether oxygens (including phenoxy) is 2. The standard InChI is InChI=1S/C20H35NO4/c1-9-10-15-13-20(8,14-16(22)24-18(2,3)4)11-12-21(15)17(23)25-19(5,6)7/h9,15H,1,10-14H2,2-8H3. The number of piperidine rings is 1. The molecule has 1 amide bonds. The van der Waals surface area contributed by atoms with Gasteiger partial charge in [0.1, 0.15) is 11.2 Å². The Bertz CT molecular complexity index is 501. The number of hydrogen-bond acceptors (Lipinski definition) is 4. The fourth-order valence-corrected chi connectivity index (χ4v) is 3.20. The summed E-state index contributed by atoms with van der Waals surface area (Å²) in [6.07, 6.45) is 4.06. The van der Waals surface area contributed by atoms with Crippen molar-refractivity contribution in [3.63, 3.8) is 0 Å². The molecule has 5 heteroatoms. The third kappa shape index (κ3) is 7.49. The first kappa shape index (κ1) is 21.5. The van der Waals surface area contributed by atoms with E-state index in [1.54, 1.807) is 4.90 Å². The maximum atomic E-state index is 12.5. The van der Waals surface area contributed by atoms with Gasteiger partial charge in [-0.2, -0.15) is 0 Å². The van der Waals surface area contributed by atoms with E-state index in [-0.39, 0.29) is 23.5 Å². The molecule has 0 N–H and O–H groups in total. The number of nitrogens with zero attached hydrogens (tertiary/aromatic N) is 1. The molecular formula is C20H35NO4. The molecule has 1 aliphatic heterocycles. The van der Waals surface area contributed by atoms with Crippen LogP contribution in [-0.2, 0) is 14.3 Å². The van der Waals surface area contributed by atoms with E-state index in [9.17, 15) is 9.59 Å². The van der Waals surface area contributed by atoms with Crippen molar-refractivity contribution >= 4 is 12.1 Å². The summed E-state index contributed by atoms with van der Waals surface area (Å²) in [5.74, 6) is -0.182. The van der Waals surface area contributed by atoms with Crippen molar-refractivity contribution in [1.82, 2.24) is 4.90 Å². The topological polar surface area (TPSA) is 55.8 Å². The molecule has 1 heterocycles. The van der Waals surface area contributed by atoms with E-state index >= 15 is 0 Å². The number of likely N-dealkylation sites (tertiary alicyclic amines) is 1. The molecule has 0 bridgehead atoms. The van der Waals surface area contributed by atoms with Crippen LogP contribution in [0, 0.1) is 5.41 Å². The van der Waals surface area contributed by atoms with Crippen molar-refractivity contribution in [3.8, 4) is 0 Å². The van der Waals surface area contributed by atoms with Gasteiger partial charge in [-0.15, -0.1) is 6.58 Å². The summed E-state index contributed by atoms with van der Waals surface area (Å²) in [6, 6.07) is -0.00598. The van der Waals surface area contributed by atoms with E-state index in [0.717, 1.165) is 12.8 Å². The molecule has 0 radical (unpaired) electrons. The molecule has 0 aromatic heterocycles. The third-order valence-corrected chi connectivity index (χ3v) is 4.18. The fraction of sp³-hybridized carbons (Fsp3) is 0.800. The molecule has 25 heavy (non-hydrogen) atoms. The number of rotatable bonds is 4. The van der Waals surface area contributed by atoms with Gasteiger partial charge in [-0.05, 0) is 66.2 Å². The maximum Gasteiger partial charge on any atom is 0.410 e. The van der Waals surface area contributed by atoms with E-state index < -0.39 is 11.2 Å². The third-order valence-electron chi connectivity index (χ3n) is 4.18. The molecule has 0 aromatic carbocycles. The molecule has 144 valence electrons. The summed E-state index contributed by atoms with van der Waals surface area (Å²) < 4.78 is 11.0. The molecule has 5 nitrogen and oxygen atoms in total. The van der Waals surface area contributed by atoms with Crippen LogP contribution in [0.2, 0.25) is 0 Å². The number of hydrogen-bond donors (Lipinski definition) is 0. The molecule has 0 aliphatic carbocycles. The van der Waals surface area contributed by atoms with Gasteiger partial charge < -0.3 is 14.4 Å². The minimum Gasteiger partial charge on any atom is -0.460 e. The van der Waals surface area contributed by atoms with Crippen LogP contribution in [-0.4, -0.2) is 40.8 Å². The van der Waals surface area contributed by atoms with E-state index in [1.165, 1.54) is 0 Å². The van der Waals surface area contributed by atoms with Crippen LogP contribution in [0.3, 0.4) is 0 Å². The Morgan fingerprint density at radius 2 is 1.72 bits per heavy atom. The summed E-state index contributed by atoms with van der Waals surface area (Å²) in [5, 5.41) is 0. The van der Waals surface area contributed by atoms with Crippen molar-refractivity contribution in [1.29, 1.82) is 0 Å². The molecular weight excluding hydrogens is 318 g/mol. The quantitative estimate of drug-likeness (QED) is 0.543. The molecule has 1 aliphatic rings. The highest BCUT2D eigenvalue weighted by Gasteiger charge is 2.41. The lowest BCUT2D eigenvalue weighted by Gasteiger charge is -2.44. The van der Waals surface area contributed by atoms with Gasteiger partial charge in [-0.1, -0.05) is 13.0 Å². The van der Waals surface area contributed by atoms with Crippen molar-refractivity contribution in [2.75, 3.05) is 6.54 Å². The second-order valence-corrected chi connectivity index (χ2v) is 9.38. The highest BCUT2D eigenvalue weighted by molar-refractivity contribution is 5.71. The maximum absolute atomic E-state index is 12.5. The van der Waals surface area contributed by atoms with Crippen LogP contribution < -0.4 is 0 Å². The number of carbonyl (C=O) groups excluding carboxylic acids is 2. The first-order valence-electron chi connectivity index (χ1n) is 9.07. The first-order chi connectivity index (χ1) is 11.2. The van der Waals surface area contributed by atoms with E-state index in [1.807, 2.05) is 47.6 Å². The van der Waals surface area contributed by atoms with Gasteiger partial charge in [0.15, 0.2) is 0 Å². The Kier molecular flexibility index (Phi) is 6.71. The average molecular weight is 354 g/mol. The van der Waals surface area contributed by atoms with Crippen molar-refractivity contribution in [2.45, 2.75) is 91.4 Å². The van der Waals surface area contributed by atoms with E-state index in [0.29, 0.717) is 19.4 Å². The van der Waals surface area contributed by atoms with Crippen molar-refractivity contribution in [3.05, 3.63) is 12.7 Å². The minimum atomic E-state index is -0.521. The number of amides is 1. The summed E-state index contributed by atoms with van der Waals surface area (Å²) in [5.41, 5.74) is -1.19. The van der Waals surface area contributed by atoms with Gasteiger partial charge in [0.2, 0.25) is 0 Å². The predicted molar refractivity (Wildman–Crippen MR) is 99.3 cm³/mol. The van der Waals surface area contributed by atoms with Gasteiger partial charge in [-0.3, -0.25) is 4.79 Å². The lowest BCUT2D eigenvalue weighted by Crippen LogP contribution is -2.51. The second-order valence-electron chi connectivity index (χ2n) is 9.38. The van der Waals surface area contributed by atoms with Gasteiger partial charge >= 0.3 is 12.1 Å². The molecule has 1 rings (SSSR count). The van der Waals surface area contributed by atoms with Gasteiger partial charge in [-0.25, -0.2) is 4.79 Å². The van der Waals surface area contributed by atoms with Crippen LogP contribution in [0.5, 0.6) is 0 Å². The van der Waals surface area contributed by atoms with Gasteiger partial charge in [0.25, 0.3) is 0 Å². The lowest BCUT2D eigenvalue weighted by atomic mass is 9.74. The number of esters is 1. The van der Waals surface area contributed by atoms with Gasteiger partial charge in [0, 0.05) is 12.6 Å². The van der Waals surface area contributed by atoms with E-state index in [2.05, 4.69) is 13.5 Å². The molecule has 0 aromatic rings. The van der Waals surface area contributed by atoms with Crippen molar-refractivity contribution < 1.29 is 19.1 Å². The van der Waals surface area contributed by atoms with Crippen LogP contribution >= 0.6 is 0 Å². The Balaban J connectivity index is 2.80. The molecule has 0 spiro atoms. The Morgan fingerprint density at radius 3 is 2.20 bits per heavy atom. The Labute approximate surface area is 152 Å². The summed E-state index contributed by atoms with van der Waals surface area (Å²) in [6.45, 7) is 17.7. The van der Waals surface area contributed by atoms with Gasteiger partial charge in [0.05, 0.1) is 6.42 Å². The minimum absolute atomic E-state index is 0.00598. The SMILES string of the molecule is C=CCC1CC(C)(CC(=O)OC(C)(C)C)CCN1C(=O)OC(C)(C)C. The monoisotopic (exact) mass is 353 g/mol. The summed E-state index contributed by atoms with van der Waals surface area (Å²) in [7, 11) is 0. The highest BCUT2D eigenvalue weighted by Crippen LogP contribution is 2.39.